The molecule has 1 fully saturated rings. The Morgan fingerprint density at radius 3 is 2.56 bits per heavy atom. The van der Waals surface area contributed by atoms with E-state index in [9.17, 15) is 13.6 Å². The Morgan fingerprint density at radius 2 is 1.96 bits per heavy atom. The van der Waals surface area contributed by atoms with Crippen LogP contribution in [0.1, 0.15) is 32.8 Å². The molecular formula is C19H29F2N3O. The number of nitrogens with zero attached hydrogens (tertiary/aromatic N) is 2. The molecule has 25 heavy (non-hydrogen) atoms. The van der Waals surface area contributed by atoms with Crippen LogP contribution in [0.15, 0.2) is 18.2 Å². The van der Waals surface area contributed by atoms with Crippen LogP contribution >= 0.6 is 0 Å². The van der Waals surface area contributed by atoms with Gasteiger partial charge < -0.3 is 5.32 Å². The van der Waals surface area contributed by atoms with Crippen molar-refractivity contribution in [1.29, 1.82) is 0 Å². The molecule has 1 heterocycles. The molecular weight excluding hydrogens is 324 g/mol. The van der Waals surface area contributed by atoms with Crippen LogP contribution in [-0.2, 0) is 11.2 Å². The monoisotopic (exact) mass is 353 g/mol. The first-order chi connectivity index (χ1) is 11.9. The van der Waals surface area contributed by atoms with Crippen LogP contribution < -0.4 is 5.32 Å². The fourth-order valence-corrected chi connectivity index (χ4v) is 3.60. The largest absolute Gasteiger partial charge is 0.352 e. The maximum absolute atomic E-state index is 13.7. The van der Waals surface area contributed by atoms with Gasteiger partial charge in [-0.15, -0.1) is 0 Å². The average Bonchev–Trinajstić information content (AvgIpc) is 3.00. The van der Waals surface area contributed by atoms with Crippen molar-refractivity contribution >= 4 is 5.91 Å². The van der Waals surface area contributed by atoms with Gasteiger partial charge in [0.1, 0.15) is 11.6 Å². The summed E-state index contributed by atoms with van der Waals surface area (Å²) in [6.07, 6.45) is 1.22. The van der Waals surface area contributed by atoms with E-state index in [-0.39, 0.29) is 23.9 Å². The summed E-state index contributed by atoms with van der Waals surface area (Å²) in [4.78, 5) is 16.8. The van der Waals surface area contributed by atoms with Crippen molar-refractivity contribution in [2.45, 2.75) is 45.7 Å². The number of amides is 1. The SMILES string of the molecule is CCN(CC)[C@@H]1CCN(CC(=O)N[C@H](C)Cc2c(F)cccc2F)C1. The van der Waals surface area contributed by atoms with Crippen molar-refractivity contribution in [1.82, 2.24) is 15.1 Å². The van der Waals surface area contributed by atoms with Gasteiger partial charge in [-0.3, -0.25) is 14.6 Å². The molecule has 4 nitrogen and oxygen atoms in total. The molecule has 0 saturated carbocycles. The molecule has 0 bridgehead atoms. The second kappa shape index (κ2) is 9.25. The van der Waals surface area contributed by atoms with Crippen LogP contribution in [0.5, 0.6) is 0 Å². The van der Waals surface area contributed by atoms with Gasteiger partial charge in [-0.2, -0.15) is 0 Å². The molecule has 2 atom stereocenters. The quantitative estimate of drug-likeness (QED) is 0.780. The van der Waals surface area contributed by atoms with Gasteiger partial charge in [-0.25, -0.2) is 8.78 Å². The maximum atomic E-state index is 13.7. The molecule has 1 aromatic carbocycles. The fourth-order valence-electron chi connectivity index (χ4n) is 3.60. The number of rotatable bonds is 8. The third-order valence-electron chi connectivity index (χ3n) is 4.92. The molecule has 1 aromatic rings. The molecule has 6 heteroatoms. The molecule has 0 unspecified atom stereocenters. The van der Waals surface area contributed by atoms with Gasteiger partial charge in [-0.1, -0.05) is 19.9 Å². The highest BCUT2D eigenvalue weighted by atomic mass is 19.1. The normalized spacial score (nSPS) is 19.4. The van der Waals surface area contributed by atoms with E-state index in [1.165, 1.54) is 18.2 Å². The van der Waals surface area contributed by atoms with E-state index in [0.29, 0.717) is 12.6 Å². The Hall–Kier alpha value is -1.53. The van der Waals surface area contributed by atoms with Gasteiger partial charge in [0.25, 0.3) is 0 Å². The number of hydrogen-bond acceptors (Lipinski definition) is 3. The molecule has 0 aliphatic carbocycles. The number of hydrogen-bond donors (Lipinski definition) is 1. The molecule has 1 saturated heterocycles. The van der Waals surface area contributed by atoms with E-state index < -0.39 is 11.6 Å². The van der Waals surface area contributed by atoms with E-state index in [4.69, 9.17) is 0 Å². The Labute approximate surface area is 149 Å². The zero-order valence-electron chi connectivity index (χ0n) is 15.4. The summed E-state index contributed by atoms with van der Waals surface area (Å²) in [5, 5.41) is 2.85. The molecule has 1 aliphatic heterocycles. The summed E-state index contributed by atoms with van der Waals surface area (Å²) in [5.41, 5.74) is 0.0260. The molecule has 1 N–H and O–H groups in total. The Balaban J connectivity index is 1.80. The minimum Gasteiger partial charge on any atom is -0.352 e. The summed E-state index contributed by atoms with van der Waals surface area (Å²) in [6.45, 7) is 10.3. The predicted molar refractivity (Wildman–Crippen MR) is 95.4 cm³/mol. The number of halogens is 2. The summed E-state index contributed by atoms with van der Waals surface area (Å²) in [6, 6.07) is 4.01. The summed E-state index contributed by atoms with van der Waals surface area (Å²) >= 11 is 0. The van der Waals surface area contributed by atoms with Crippen LogP contribution in [0.4, 0.5) is 8.78 Å². The van der Waals surface area contributed by atoms with E-state index in [1.807, 2.05) is 0 Å². The highest BCUT2D eigenvalue weighted by Gasteiger charge is 2.27. The zero-order valence-corrected chi connectivity index (χ0v) is 15.4. The molecule has 0 spiro atoms. The second-order valence-corrected chi connectivity index (χ2v) is 6.77. The van der Waals surface area contributed by atoms with Gasteiger partial charge in [0, 0.05) is 30.7 Å². The maximum Gasteiger partial charge on any atom is 0.234 e. The number of carbonyl (C=O) groups excluding carboxylic acids is 1. The standard InChI is InChI=1S/C19H29F2N3O/c1-4-24(5-2)15-9-10-23(12-15)13-19(25)22-14(3)11-16-17(20)7-6-8-18(16)21/h6-8,14-15H,4-5,9-13H2,1-3H3,(H,22,25)/t14-,15-/m1/s1. The van der Waals surface area contributed by atoms with Crippen LogP contribution in [0.25, 0.3) is 0 Å². The minimum atomic E-state index is -0.567. The van der Waals surface area contributed by atoms with Crippen LogP contribution in [-0.4, -0.2) is 60.5 Å². The lowest BCUT2D eigenvalue weighted by molar-refractivity contribution is -0.122. The highest BCUT2D eigenvalue weighted by Crippen LogP contribution is 2.16. The lowest BCUT2D eigenvalue weighted by atomic mass is 10.1. The van der Waals surface area contributed by atoms with E-state index in [2.05, 4.69) is 29.0 Å². The molecule has 1 aliphatic rings. The molecule has 0 aromatic heterocycles. The lowest BCUT2D eigenvalue weighted by Gasteiger charge is -2.26. The lowest BCUT2D eigenvalue weighted by Crippen LogP contribution is -2.43. The third kappa shape index (κ3) is 5.47. The molecule has 1 amide bonds. The Morgan fingerprint density at radius 1 is 1.32 bits per heavy atom. The van der Waals surface area contributed by atoms with E-state index >= 15 is 0 Å². The minimum absolute atomic E-state index is 0.0260. The predicted octanol–water partition coefficient (Wildman–Crippen LogP) is 2.43. The van der Waals surface area contributed by atoms with Crippen molar-refractivity contribution in [3.05, 3.63) is 35.4 Å². The van der Waals surface area contributed by atoms with Crippen molar-refractivity contribution in [2.24, 2.45) is 0 Å². The van der Waals surface area contributed by atoms with Gasteiger partial charge in [0.05, 0.1) is 6.54 Å². The number of nitrogens with one attached hydrogen (secondary N) is 1. The first kappa shape index (κ1) is 19.8. The topological polar surface area (TPSA) is 35.6 Å². The van der Waals surface area contributed by atoms with Crippen molar-refractivity contribution in [3.63, 3.8) is 0 Å². The van der Waals surface area contributed by atoms with Gasteiger partial charge in [0.2, 0.25) is 5.91 Å². The number of likely N-dealkylation sites (tertiary alicyclic amines) is 1. The van der Waals surface area contributed by atoms with Gasteiger partial charge >= 0.3 is 0 Å². The summed E-state index contributed by atoms with van der Waals surface area (Å²) < 4.78 is 27.4. The third-order valence-corrected chi connectivity index (χ3v) is 4.92. The first-order valence-corrected chi connectivity index (χ1v) is 9.13. The van der Waals surface area contributed by atoms with Gasteiger partial charge in [-0.05, 0) is 45.0 Å². The fraction of sp³-hybridized carbons (Fsp3) is 0.632. The average molecular weight is 353 g/mol. The summed E-state index contributed by atoms with van der Waals surface area (Å²) in [5.74, 6) is -1.23. The Kier molecular flexibility index (Phi) is 7.32. The highest BCUT2D eigenvalue weighted by molar-refractivity contribution is 5.78. The van der Waals surface area contributed by atoms with Crippen molar-refractivity contribution in [2.75, 3.05) is 32.7 Å². The van der Waals surface area contributed by atoms with Crippen molar-refractivity contribution in [3.8, 4) is 0 Å². The number of benzene rings is 1. The van der Waals surface area contributed by atoms with E-state index in [1.54, 1.807) is 6.92 Å². The second-order valence-electron chi connectivity index (χ2n) is 6.77. The molecule has 0 radical (unpaired) electrons. The number of likely N-dealkylation sites (N-methyl/N-ethyl adjacent to an activating group) is 1. The van der Waals surface area contributed by atoms with Crippen LogP contribution in [0.3, 0.4) is 0 Å². The molecule has 2 rings (SSSR count). The zero-order chi connectivity index (χ0) is 18.4. The van der Waals surface area contributed by atoms with Crippen LogP contribution in [0.2, 0.25) is 0 Å². The van der Waals surface area contributed by atoms with E-state index in [0.717, 1.165) is 32.6 Å². The first-order valence-electron chi connectivity index (χ1n) is 9.13. The van der Waals surface area contributed by atoms with Gasteiger partial charge in [0.15, 0.2) is 0 Å². The van der Waals surface area contributed by atoms with Crippen molar-refractivity contribution < 1.29 is 13.6 Å². The smallest absolute Gasteiger partial charge is 0.234 e. The Bertz CT molecular complexity index is 558. The molecule has 140 valence electrons. The summed E-state index contributed by atoms with van der Waals surface area (Å²) in [7, 11) is 0. The number of carbonyl (C=O) groups is 1. The van der Waals surface area contributed by atoms with Crippen LogP contribution in [0, 0.1) is 11.6 Å².